The van der Waals surface area contributed by atoms with Gasteiger partial charge in [0.2, 0.25) is 0 Å². The Morgan fingerprint density at radius 3 is 2.76 bits per heavy atom. The Labute approximate surface area is 149 Å². The summed E-state index contributed by atoms with van der Waals surface area (Å²) in [5, 5.41) is 12.6. The van der Waals surface area contributed by atoms with Gasteiger partial charge in [0.25, 0.3) is 0 Å². The minimum atomic E-state index is 0.175. The van der Waals surface area contributed by atoms with Crippen LogP contribution in [0.15, 0.2) is 42.6 Å². The van der Waals surface area contributed by atoms with Crippen LogP contribution in [0.2, 0.25) is 0 Å². The van der Waals surface area contributed by atoms with Crippen molar-refractivity contribution in [3.05, 3.63) is 59.3 Å². The molecule has 1 atom stereocenters. The molecule has 2 heterocycles. The normalized spacial score (nSPS) is 16.4. The Morgan fingerprint density at radius 1 is 1.20 bits per heavy atom. The highest BCUT2D eigenvalue weighted by Crippen LogP contribution is 2.20. The van der Waals surface area contributed by atoms with Crippen LogP contribution in [0.1, 0.15) is 29.7 Å². The smallest absolute Gasteiger partial charge is 0.133 e. The third-order valence-electron chi connectivity index (χ3n) is 4.78. The molecule has 0 bridgehead atoms. The van der Waals surface area contributed by atoms with E-state index in [1.54, 1.807) is 0 Å². The molecule has 130 valence electrons. The molecular weight excluding hydrogens is 310 g/mol. The molecule has 0 spiro atoms. The van der Waals surface area contributed by atoms with Gasteiger partial charge in [-0.05, 0) is 37.7 Å². The van der Waals surface area contributed by atoms with Crippen molar-refractivity contribution < 1.29 is 0 Å². The Hall–Kier alpha value is -2.42. The number of anilines is 1. The minimum absolute atomic E-state index is 0.175. The fraction of sp³-hybridized carbons (Fsp3) is 0.400. The topological polar surface area (TPSA) is 55.2 Å². The van der Waals surface area contributed by atoms with Gasteiger partial charge < -0.3 is 15.1 Å². The molecule has 1 unspecified atom stereocenters. The van der Waals surface area contributed by atoms with E-state index in [0.717, 1.165) is 44.1 Å². The zero-order valence-corrected chi connectivity index (χ0v) is 14.9. The second-order valence-corrected chi connectivity index (χ2v) is 6.62. The van der Waals surface area contributed by atoms with Crippen LogP contribution in [-0.4, -0.2) is 43.1 Å². The highest BCUT2D eigenvalue weighted by atomic mass is 15.3. The van der Waals surface area contributed by atoms with Gasteiger partial charge in [0.1, 0.15) is 5.82 Å². The van der Waals surface area contributed by atoms with Gasteiger partial charge >= 0.3 is 0 Å². The molecule has 5 heteroatoms. The van der Waals surface area contributed by atoms with Crippen LogP contribution in [0.3, 0.4) is 0 Å². The van der Waals surface area contributed by atoms with Crippen molar-refractivity contribution in [2.24, 2.45) is 0 Å². The molecule has 1 aromatic heterocycles. The SMILES string of the molecule is CC(NCc1cccnc1N1CCN(C)CC1)c1cccc(C#N)c1. The molecule has 1 saturated heterocycles. The second kappa shape index (κ2) is 8.11. The molecule has 2 aromatic rings. The molecule has 3 rings (SSSR count). The fourth-order valence-electron chi connectivity index (χ4n) is 3.13. The molecule has 0 amide bonds. The number of likely N-dealkylation sites (N-methyl/N-ethyl adjacent to an activating group) is 1. The summed E-state index contributed by atoms with van der Waals surface area (Å²) in [6.07, 6.45) is 1.87. The molecule has 1 fully saturated rings. The van der Waals surface area contributed by atoms with Gasteiger partial charge in [-0.15, -0.1) is 0 Å². The molecule has 0 saturated carbocycles. The molecular formula is C20H25N5. The van der Waals surface area contributed by atoms with Gasteiger partial charge in [0, 0.05) is 50.5 Å². The van der Waals surface area contributed by atoms with E-state index in [0.29, 0.717) is 5.56 Å². The number of rotatable bonds is 5. The van der Waals surface area contributed by atoms with Crippen LogP contribution in [0.4, 0.5) is 5.82 Å². The van der Waals surface area contributed by atoms with Crippen LogP contribution in [0, 0.1) is 11.3 Å². The number of hydrogen-bond acceptors (Lipinski definition) is 5. The van der Waals surface area contributed by atoms with Gasteiger partial charge in [-0.3, -0.25) is 0 Å². The standard InChI is InChI=1S/C20H25N5/c1-16(18-6-3-5-17(13-18)14-21)23-15-19-7-4-8-22-20(19)25-11-9-24(2)10-12-25/h3-8,13,16,23H,9-12,15H2,1-2H3. The minimum Gasteiger partial charge on any atom is -0.354 e. The van der Waals surface area contributed by atoms with E-state index >= 15 is 0 Å². The number of aromatic nitrogens is 1. The number of nitrogens with zero attached hydrogens (tertiary/aromatic N) is 4. The van der Waals surface area contributed by atoms with Gasteiger partial charge in [0.15, 0.2) is 0 Å². The van der Waals surface area contributed by atoms with E-state index in [-0.39, 0.29) is 6.04 Å². The lowest BCUT2D eigenvalue weighted by molar-refractivity contribution is 0.311. The van der Waals surface area contributed by atoms with E-state index in [2.05, 4.69) is 52.3 Å². The molecule has 1 aliphatic rings. The monoisotopic (exact) mass is 335 g/mol. The summed E-state index contributed by atoms with van der Waals surface area (Å²) in [4.78, 5) is 9.35. The molecule has 1 N–H and O–H groups in total. The molecule has 5 nitrogen and oxygen atoms in total. The summed E-state index contributed by atoms with van der Waals surface area (Å²) in [7, 11) is 2.16. The third-order valence-corrected chi connectivity index (χ3v) is 4.78. The average Bonchev–Trinajstić information content (AvgIpc) is 2.67. The van der Waals surface area contributed by atoms with E-state index in [9.17, 15) is 0 Å². The summed E-state index contributed by atoms with van der Waals surface area (Å²) in [5.41, 5.74) is 3.05. The zero-order chi connectivity index (χ0) is 17.6. The Kier molecular flexibility index (Phi) is 5.64. The lowest BCUT2D eigenvalue weighted by Gasteiger charge is -2.34. The number of hydrogen-bond donors (Lipinski definition) is 1. The van der Waals surface area contributed by atoms with E-state index in [1.807, 2.05) is 30.5 Å². The molecule has 1 aromatic carbocycles. The number of nitriles is 1. The Balaban J connectivity index is 1.68. The number of piperazine rings is 1. The fourth-order valence-corrected chi connectivity index (χ4v) is 3.13. The highest BCUT2D eigenvalue weighted by molar-refractivity contribution is 5.47. The van der Waals surface area contributed by atoms with E-state index in [1.165, 1.54) is 5.56 Å². The maximum atomic E-state index is 9.06. The highest BCUT2D eigenvalue weighted by Gasteiger charge is 2.18. The van der Waals surface area contributed by atoms with Crippen molar-refractivity contribution in [1.29, 1.82) is 5.26 Å². The number of benzene rings is 1. The van der Waals surface area contributed by atoms with Crippen LogP contribution in [-0.2, 0) is 6.54 Å². The predicted octanol–water partition coefficient (Wildman–Crippen LogP) is 2.56. The van der Waals surface area contributed by atoms with Gasteiger partial charge in [-0.2, -0.15) is 5.26 Å². The largest absolute Gasteiger partial charge is 0.354 e. The van der Waals surface area contributed by atoms with Gasteiger partial charge in [-0.25, -0.2) is 4.98 Å². The van der Waals surface area contributed by atoms with Crippen molar-refractivity contribution >= 4 is 5.82 Å². The Bertz CT molecular complexity index is 744. The van der Waals surface area contributed by atoms with Crippen molar-refractivity contribution in [2.75, 3.05) is 38.1 Å². The number of pyridine rings is 1. The first-order valence-electron chi connectivity index (χ1n) is 8.78. The van der Waals surface area contributed by atoms with Crippen molar-refractivity contribution in [2.45, 2.75) is 19.5 Å². The first kappa shape index (κ1) is 17.4. The first-order chi connectivity index (χ1) is 12.2. The van der Waals surface area contributed by atoms with Gasteiger partial charge in [0.05, 0.1) is 11.6 Å². The quantitative estimate of drug-likeness (QED) is 0.910. The average molecular weight is 335 g/mol. The van der Waals surface area contributed by atoms with Crippen LogP contribution in [0.5, 0.6) is 0 Å². The maximum Gasteiger partial charge on any atom is 0.133 e. The maximum absolute atomic E-state index is 9.06. The van der Waals surface area contributed by atoms with E-state index < -0.39 is 0 Å². The number of nitrogens with one attached hydrogen (secondary N) is 1. The van der Waals surface area contributed by atoms with Crippen LogP contribution >= 0.6 is 0 Å². The predicted molar refractivity (Wildman–Crippen MR) is 100 cm³/mol. The molecule has 0 aliphatic carbocycles. The van der Waals surface area contributed by atoms with Crippen molar-refractivity contribution in [3.8, 4) is 6.07 Å². The van der Waals surface area contributed by atoms with Crippen molar-refractivity contribution in [1.82, 2.24) is 15.2 Å². The first-order valence-corrected chi connectivity index (χ1v) is 8.78. The summed E-state index contributed by atoms with van der Waals surface area (Å²) in [5.74, 6) is 1.08. The summed E-state index contributed by atoms with van der Waals surface area (Å²) in [6.45, 7) is 7.05. The third kappa shape index (κ3) is 4.36. The van der Waals surface area contributed by atoms with Crippen molar-refractivity contribution in [3.63, 3.8) is 0 Å². The summed E-state index contributed by atoms with van der Waals surface area (Å²) >= 11 is 0. The zero-order valence-electron chi connectivity index (χ0n) is 14.9. The van der Waals surface area contributed by atoms with Crippen LogP contribution < -0.4 is 10.2 Å². The summed E-state index contributed by atoms with van der Waals surface area (Å²) < 4.78 is 0. The molecule has 1 aliphatic heterocycles. The van der Waals surface area contributed by atoms with Gasteiger partial charge in [-0.1, -0.05) is 18.2 Å². The second-order valence-electron chi connectivity index (χ2n) is 6.62. The lowest BCUT2D eigenvalue weighted by atomic mass is 10.1. The molecule has 0 radical (unpaired) electrons. The van der Waals surface area contributed by atoms with E-state index in [4.69, 9.17) is 5.26 Å². The summed E-state index contributed by atoms with van der Waals surface area (Å²) in [6, 6.07) is 14.3. The molecule has 25 heavy (non-hydrogen) atoms. The lowest BCUT2D eigenvalue weighted by Crippen LogP contribution is -2.45. The Morgan fingerprint density at radius 2 is 2.00 bits per heavy atom. The van der Waals surface area contributed by atoms with Crippen LogP contribution in [0.25, 0.3) is 0 Å².